The SMILES string of the molecule is O=C(O)C(=O)O.O=C(O)C(=O)O.O=C(O)C(=O)O.O=C(O)C(=O)O.O=C(O)C(=O)O.[W].[W]. The van der Waals surface area contributed by atoms with Crippen LogP contribution in [0.15, 0.2) is 0 Å². The van der Waals surface area contributed by atoms with Gasteiger partial charge in [-0.1, -0.05) is 0 Å². The second kappa shape index (κ2) is 27.1. The fourth-order valence-electron chi connectivity index (χ4n) is 0. The van der Waals surface area contributed by atoms with E-state index >= 15 is 0 Å². The van der Waals surface area contributed by atoms with Crippen LogP contribution in [-0.2, 0) is 90.1 Å². The maximum absolute atomic E-state index is 9.10. The Morgan fingerprint density at radius 1 is 0.219 bits per heavy atom. The average molecular weight is 818 g/mol. The average Bonchev–Trinajstić information content (AvgIpc) is 2.56. The molecule has 0 amide bonds. The van der Waals surface area contributed by atoms with Crippen molar-refractivity contribution in [1.29, 1.82) is 0 Å². The van der Waals surface area contributed by atoms with Crippen LogP contribution >= 0.6 is 0 Å². The molecule has 32 heavy (non-hydrogen) atoms. The normalized spacial score (nSPS) is 6.88. The molecule has 0 aliphatic heterocycles. The third-order valence-corrected chi connectivity index (χ3v) is 0.915. The van der Waals surface area contributed by atoms with Crippen molar-refractivity contribution in [2.75, 3.05) is 0 Å². The number of carboxylic acids is 10. The first kappa shape index (κ1) is 46.3. The Morgan fingerprint density at radius 3 is 0.250 bits per heavy atom. The van der Waals surface area contributed by atoms with Crippen molar-refractivity contribution in [3.63, 3.8) is 0 Å². The molecule has 22 heteroatoms. The molecule has 20 nitrogen and oxygen atoms in total. The van der Waals surface area contributed by atoms with Crippen LogP contribution in [0, 0.1) is 0 Å². The predicted octanol–water partition coefficient (Wildman–Crippen LogP) is -4.23. The van der Waals surface area contributed by atoms with Gasteiger partial charge in [0.2, 0.25) is 0 Å². The number of hydrogen-bond acceptors (Lipinski definition) is 10. The van der Waals surface area contributed by atoms with Crippen molar-refractivity contribution in [2.24, 2.45) is 0 Å². The molecule has 0 heterocycles. The van der Waals surface area contributed by atoms with Crippen molar-refractivity contribution in [3.05, 3.63) is 0 Å². The Balaban J connectivity index is -0.0000000481. The van der Waals surface area contributed by atoms with E-state index in [0.717, 1.165) is 0 Å². The summed E-state index contributed by atoms with van der Waals surface area (Å²) in [6.45, 7) is 0. The molecule has 0 aliphatic carbocycles. The molecule has 0 fully saturated rings. The molecule has 0 aromatic heterocycles. The molecule has 0 atom stereocenters. The van der Waals surface area contributed by atoms with Gasteiger partial charge in [-0.05, 0) is 0 Å². The van der Waals surface area contributed by atoms with Gasteiger partial charge < -0.3 is 51.1 Å². The van der Waals surface area contributed by atoms with Gasteiger partial charge in [0.15, 0.2) is 0 Å². The molecule has 0 aliphatic rings. The van der Waals surface area contributed by atoms with E-state index in [1.807, 2.05) is 0 Å². The third-order valence-electron chi connectivity index (χ3n) is 0.915. The zero-order chi connectivity index (χ0) is 25.8. The van der Waals surface area contributed by atoms with Gasteiger partial charge in [-0.15, -0.1) is 0 Å². The van der Waals surface area contributed by atoms with Crippen molar-refractivity contribution < 1.29 is 141 Å². The molecule has 0 spiro atoms. The van der Waals surface area contributed by atoms with Crippen LogP contribution in [0.1, 0.15) is 0 Å². The summed E-state index contributed by atoms with van der Waals surface area (Å²) in [7, 11) is 0. The summed E-state index contributed by atoms with van der Waals surface area (Å²) in [5.74, 6) is -18.2. The topological polar surface area (TPSA) is 373 Å². The molecule has 0 saturated heterocycles. The van der Waals surface area contributed by atoms with Gasteiger partial charge in [-0.3, -0.25) is 0 Å². The molecule has 0 aromatic carbocycles. The second-order valence-corrected chi connectivity index (χ2v) is 3.05. The fourth-order valence-corrected chi connectivity index (χ4v) is 0. The van der Waals surface area contributed by atoms with Gasteiger partial charge in [-0.25, -0.2) is 47.9 Å². The van der Waals surface area contributed by atoms with E-state index in [0.29, 0.717) is 0 Å². The monoisotopic (exact) mass is 818 g/mol. The summed E-state index contributed by atoms with van der Waals surface area (Å²) in [6, 6.07) is 0. The first-order chi connectivity index (χ1) is 13.2. The van der Waals surface area contributed by atoms with Crippen molar-refractivity contribution in [1.82, 2.24) is 0 Å². The molecule has 0 unspecified atom stereocenters. The standard InChI is InChI=1S/5C2H2O4.2W/c5*3-1(4)2(5)6;;/h5*(H,3,4)(H,5,6);;. The number of carbonyl (C=O) groups is 10. The smallest absolute Gasteiger partial charge is 0.414 e. The molecule has 0 aromatic rings. The minimum atomic E-state index is -1.82. The minimum absolute atomic E-state index is 0. The first-order valence-electron chi connectivity index (χ1n) is 5.53. The predicted molar refractivity (Wildman–Crippen MR) is 76.4 cm³/mol. The van der Waals surface area contributed by atoms with Crippen LogP contribution in [0.2, 0.25) is 0 Å². The zero-order valence-corrected chi connectivity index (χ0v) is 20.2. The molecule has 0 radical (unpaired) electrons. The Hall–Kier alpha value is -3.92. The molecule has 10 N–H and O–H groups in total. The molecule has 0 bridgehead atoms. The van der Waals surface area contributed by atoms with Crippen molar-refractivity contribution in [3.8, 4) is 0 Å². The molecular weight excluding hydrogens is 808 g/mol. The van der Waals surface area contributed by atoms with E-state index in [1.54, 1.807) is 0 Å². The summed E-state index contributed by atoms with van der Waals surface area (Å²) < 4.78 is 0. The van der Waals surface area contributed by atoms with Gasteiger partial charge in [0.1, 0.15) is 0 Å². The van der Waals surface area contributed by atoms with Crippen molar-refractivity contribution in [2.45, 2.75) is 0 Å². The van der Waals surface area contributed by atoms with Crippen molar-refractivity contribution >= 4 is 59.7 Å². The number of carboxylic acid groups (broad SMARTS) is 10. The van der Waals surface area contributed by atoms with Crippen LogP contribution in [0.5, 0.6) is 0 Å². The maximum Gasteiger partial charge on any atom is 0.414 e. The zero-order valence-electron chi connectivity index (χ0n) is 14.4. The van der Waals surface area contributed by atoms with Crippen LogP contribution in [0.25, 0.3) is 0 Å². The van der Waals surface area contributed by atoms with E-state index in [-0.39, 0.29) is 42.1 Å². The largest absolute Gasteiger partial charge is 0.473 e. The van der Waals surface area contributed by atoms with Crippen LogP contribution in [0.3, 0.4) is 0 Å². The summed E-state index contributed by atoms with van der Waals surface area (Å²) >= 11 is 0. The molecule has 0 rings (SSSR count). The quantitative estimate of drug-likeness (QED) is 0.104. The van der Waals surface area contributed by atoms with Crippen LogP contribution < -0.4 is 0 Å². The Bertz CT molecular complexity index is 508. The van der Waals surface area contributed by atoms with Gasteiger partial charge in [0.25, 0.3) is 0 Å². The Kier molecular flexibility index (Phi) is 39.2. The van der Waals surface area contributed by atoms with Crippen LogP contribution in [0.4, 0.5) is 0 Å². The van der Waals surface area contributed by atoms with Gasteiger partial charge in [0.05, 0.1) is 0 Å². The summed E-state index contributed by atoms with van der Waals surface area (Å²) in [5, 5.41) is 73.9. The van der Waals surface area contributed by atoms with E-state index in [1.165, 1.54) is 0 Å². The summed E-state index contributed by atoms with van der Waals surface area (Å²) in [5.41, 5.74) is 0. The molecule has 0 saturated carbocycles. The third kappa shape index (κ3) is 63.4. The fraction of sp³-hybridized carbons (Fsp3) is 0. The second-order valence-electron chi connectivity index (χ2n) is 3.05. The van der Waals surface area contributed by atoms with Gasteiger partial charge >= 0.3 is 59.7 Å². The van der Waals surface area contributed by atoms with Gasteiger partial charge in [-0.2, -0.15) is 0 Å². The summed E-state index contributed by atoms with van der Waals surface area (Å²) in [4.78, 5) is 91.0. The van der Waals surface area contributed by atoms with Crippen LogP contribution in [-0.4, -0.2) is 111 Å². The van der Waals surface area contributed by atoms with E-state index in [9.17, 15) is 0 Å². The van der Waals surface area contributed by atoms with E-state index in [4.69, 9.17) is 99.0 Å². The Labute approximate surface area is 200 Å². The number of rotatable bonds is 0. The molecular formula is C10H10O20W2. The minimum Gasteiger partial charge on any atom is -0.473 e. The number of hydrogen-bond donors (Lipinski definition) is 10. The maximum atomic E-state index is 9.10. The number of aliphatic carboxylic acids is 10. The first-order valence-corrected chi connectivity index (χ1v) is 5.53. The molecule has 182 valence electrons. The van der Waals surface area contributed by atoms with Gasteiger partial charge in [0, 0.05) is 42.1 Å². The van der Waals surface area contributed by atoms with E-state index in [2.05, 4.69) is 0 Å². The summed E-state index contributed by atoms with van der Waals surface area (Å²) in [6.07, 6.45) is 0. The Morgan fingerprint density at radius 2 is 0.250 bits per heavy atom. The van der Waals surface area contributed by atoms with E-state index < -0.39 is 59.7 Å².